The predicted octanol–water partition coefficient (Wildman–Crippen LogP) is 0.684. The van der Waals surface area contributed by atoms with Crippen molar-refractivity contribution in [2.24, 2.45) is 4.99 Å². The van der Waals surface area contributed by atoms with Gasteiger partial charge in [-0.2, -0.15) is 0 Å². The maximum Gasteiger partial charge on any atom is 0.445 e. The van der Waals surface area contributed by atoms with Gasteiger partial charge in [0, 0.05) is 25.6 Å². The van der Waals surface area contributed by atoms with Crippen LogP contribution < -0.4 is 10.4 Å². The van der Waals surface area contributed by atoms with Crippen molar-refractivity contribution >= 4 is 12.2 Å². The third-order valence-electron chi connectivity index (χ3n) is 4.63. The van der Waals surface area contributed by atoms with E-state index in [1.165, 1.54) is 12.3 Å². The molecule has 0 bridgehead atoms. The van der Waals surface area contributed by atoms with Crippen molar-refractivity contribution in [3.63, 3.8) is 0 Å². The molecule has 1 fully saturated rings. The van der Waals surface area contributed by atoms with Gasteiger partial charge in [0.15, 0.2) is 12.6 Å². The Morgan fingerprint density at radius 2 is 2.07 bits per heavy atom. The summed E-state index contributed by atoms with van der Waals surface area (Å²) in [4.78, 5) is 18.6. The van der Waals surface area contributed by atoms with Crippen LogP contribution in [0.4, 0.5) is 5.82 Å². The zero-order valence-electron chi connectivity index (χ0n) is 16.0. The Morgan fingerprint density at radius 3 is 2.63 bits per heavy atom. The Balaban J connectivity index is 2.14. The maximum absolute atomic E-state index is 12.4. The number of hydrogen-bond donors (Lipinski definition) is 2. The van der Waals surface area contributed by atoms with Gasteiger partial charge in [-0.15, -0.1) is 0 Å². The molecule has 1 aliphatic rings. The van der Waals surface area contributed by atoms with E-state index in [2.05, 4.69) is 23.7 Å². The first kappa shape index (κ1) is 21.3. The fourth-order valence-electron chi connectivity index (χ4n) is 2.94. The van der Waals surface area contributed by atoms with Crippen LogP contribution in [-0.2, 0) is 4.74 Å². The van der Waals surface area contributed by atoms with Crippen LogP contribution in [0.15, 0.2) is 22.1 Å². The van der Waals surface area contributed by atoms with E-state index in [1.807, 2.05) is 0 Å². The van der Waals surface area contributed by atoms with Crippen molar-refractivity contribution in [2.75, 3.05) is 19.7 Å². The topological polar surface area (TPSA) is 114 Å². The van der Waals surface area contributed by atoms with E-state index in [9.17, 15) is 15.1 Å². The molecule has 2 rings (SSSR count). The highest BCUT2D eigenvalue weighted by Crippen LogP contribution is 2.27. The molecule has 0 aliphatic carbocycles. The minimum atomic E-state index is -0.879. The summed E-state index contributed by atoms with van der Waals surface area (Å²) >= 11 is 0. The zero-order valence-corrected chi connectivity index (χ0v) is 16.0. The van der Waals surface area contributed by atoms with Crippen molar-refractivity contribution in [3.05, 3.63) is 28.0 Å². The number of nitrogens with zero attached hydrogens (tertiary/aromatic N) is 4. The summed E-state index contributed by atoms with van der Waals surface area (Å²) in [7, 11) is 0. The lowest BCUT2D eigenvalue weighted by atomic mass is 10.2. The molecule has 0 aromatic carbocycles. The molecule has 2 N–H and O–H groups in total. The van der Waals surface area contributed by atoms with Crippen molar-refractivity contribution in [1.29, 1.82) is 0 Å². The quantitative estimate of drug-likeness (QED) is 0.266. The molecule has 3 atom stereocenters. The molecular weight excluding hydrogens is 352 g/mol. The highest BCUT2D eigenvalue weighted by Gasteiger charge is 2.37. The number of aliphatic hydroxyl groups excluding tert-OH is 2. The van der Waals surface area contributed by atoms with Crippen molar-refractivity contribution < 1.29 is 19.7 Å². The summed E-state index contributed by atoms with van der Waals surface area (Å²) in [6.07, 6.45) is 4.96. The molecule has 1 aromatic rings. The van der Waals surface area contributed by atoms with Crippen LogP contribution in [0.25, 0.3) is 0 Å². The van der Waals surface area contributed by atoms with Gasteiger partial charge < -0.3 is 25.1 Å². The number of ether oxygens (including phenoxy) is 1. The second-order valence-corrected chi connectivity index (χ2v) is 6.76. The van der Waals surface area contributed by atoms with Crippen LogP contribution in [-0.4, -0.2) is 57.9 Å². The monoisotopic (exact) mass is 382 g/mol. The lowest BCUT2D eigenvalue weighted by Crippen LogP contribution is -2.51. The number of aliphatic hydroxyl groups is 2. The van der Waals surface area contributed by atoms with Gasteiger partial charge in [0.25, 0.3) is 5.82 Å². The van der Waals surface area contributed by atoms with E-state index in [4.69, 9.17) is 9.84 Å². The molecule has 1 aromatic heterocycles. The summed E-state index contributed by atoms with van der Waals surface area (Å²) in [5, 5.41) is 31.3. The molecule has 0 spiro atoms. The van der Waals surface area contributed by atoms with Crippen LogP contribution in [0.5, 0.6) is 0 Å². The summed E-state index contributed by atoms with van der Waals surface area (Å²) in [5.41, 5.74) is -0.825. The number of hydrogen-bond acceptors (Lipinski definition) is 6. The van der Waals surface area contributed by atoms with E-state index in [0.717, 1.165) is 43.3 Å². The Morgan fingerprint density at radius 1 is 1.41 bits per heavy atom. The van der Waals surface area contributed by atoms with Gasteiger partial charge in [-0.1, -0.05) is 31.7 Å². The number of aliphatic imine (C=N–C) groups is 1. The normalized spacial score (nSPS) is 22.6. The lowest BCUT2D eigenvalue weighted by molar-refractivity contribution is -0.614. The first-order valence-corrected chi connectivity index (χ1v) is 9.59. The Bertz CT molecular complexity index is 670. The fraction of sp³-hybridized carbons (Fsp3) is 0.722. The molecule has 1 aliphatic heterocycles. The van der Waals surface area contributed by atoms with Crippen molar-refractivity contribution in [3.8, 4) is 0 Å². The fourth-order valence-corrected chi connectivity index (χ4v) is 2.94. The van der Waals surface area contributed by atoms with Crippen LogP contribution in [0, 0.1) is 5.21 Å². The summed E-state index contributed by atoms with van der Waals surface area (Å²) < 4.78 is 6.78. The van der Waals surface area contributed by atoms with Crippen molar-refractivity contribution in [1.82, 2.24) is 9.47 Å². The van der Waals surface area contributed by atoms with Gasteiger partial charge in [-0.25, -0.2) is 14.1 Å². The number of unbranched alkanes of at least 4 members (excludes halogenated alkanes) is 2. The average molecular weight is 382 g/mol. The molecule has 152 valence electrons. The molecule has 9 nitrogen and oxygen atoms in total. The second kappa shape index (κ2) is 10.4. The standard InChI is InChI=1S/C18H30N4O5/c1-3-5-8-20(9-6-4-2)13-19-16-7-10-21(18(25)22(16)26)17-11-14(24)15(12-23)27-17/h7,10,13-15,17,23-24H,3-6,8-9,11-12H2,1-2H3/t14-,15+,17+/m0/s1. The SMILES string of the molecule is CCCCN(C=Nc1ccn([C@H]2C[C@H](O)[C@@H](CO)O2)c(=O)[n+]1[O-])CCCC. The van der Waals surface area contributed by atoms with Gasteiger partial charge in [-0.05, 0) is 12.8 Å². The number of rotatable bonds is 10. The van der Waals surface area contributed by atoms with Crippen LogP contribution in [0.3, 0.4) is 0 Å². The van der Waals surface area contributed by atoms with E-state index < -0.39 is 24.1 Å². The predicted molar refractivity (Wildman–Crippen MR) is 101 cm³/mol. The first-order chi connectivity index (χ1) is 13.0. The Kier molecular flexibility index (Phi) is 8.21. The van der Waals surface area contributed by atoms with Gasteiger partial charge >= 0.3 is 5.69 Å². The third-order valence-corrected chi connectivity index (χ3v) is 4.63. The van der Waals surface area contributed by atoms with Crippen LogP contribution in [0.2, 0.25) is 0 Å². The molecule has 2 heterocycles. The van der Waals surface area contributed by atoms with E-state index in [1.54, 1.807) is 6.34 Å². The van der Waals surface area contributed by atoms with Gasteiger partial charge in [0.2, 0.25) is 0 Å². The largest absolute Gasteiger partial charge is 0.737 e. The molecule has 0 radical (unpaired) electrons. The molecule has 9 heteroatoms. The minimum Gasteiger partial charge on any atom is -0.737 e. The zero-order chi connectivity index (χ0) is 19.8. The molecule has 1 saturated heterocycles. The molecular formula is C18H30N4O5. The molecule has 27 heavy (non-hydrogen) atoms. The van der Waals surface area contributed by atoms with Crippen LogP contribution in [0.1, 0.15) is 52.2 Å². The second-order valence-electron chi connectivity index (χ2n) is 6.76. The third kappa shape index (κ3) is 5.50. The summed E-state index contributed by atoms with van der Waals surface area (Å²) in [6, 6.07) is 1.45. The van der Waals surface area contributed by atoms with E-state index in [-0.39, 0.29) is 23.6 Å². The minimum absolute atomic E-state index is 0.00602. The maximum atomic E-state index is 12.4. The van der Waals surface area contributed by atoms with Gasteiger partial charge in [0.05, 0.1) is 18.9 Å². The Hall–Kier alpha value is -1.97. The van der Waals surface area contributed by atoms with Crippen LogP contribution >= 0.6 is 0 Å². The summed E-state index contributed by atoms with van der Waals surface area (Å²) in [5.74, 6) is 0.00602. The van der Waals surface area contributed by atoms with Crippen molar-refractivity contribution in [2.45, 2.75) is 64.4 Å². The van der Waals surface area contributed by atoms with E-state index in [0.29, 0.717) is 0 Å². The highest BCUT2D eigenvalue weighted by molar-refractivity contribution is 5.58. The lowest BCUT2D eigenvalue weighted by Gasteiger charge is -2.17. The Labute approximate surface area is 159 Å². The van der Waals surface area contributed by atoms with Gasteiger partial charge in [-0.3, -0.25) is 0 Å². The smallest absolute Gasteiger partial charge is 0.445 e. The van der Waals surface area contributed by atoms with Gasteiger partial charge in [0.1, 0.15) is 6.10 Å². The first-order valence-electron chi connectivity index (χ1n) is 9.59. The summed E-state index contributed by atoms with van der Waals surface area (Å²) in [6.45, 7) is 5.59. The average Bonchev–Trinajstić information content (AvgIpc) is 3.04. The molecule has 0 amide bonds. The highest BCUT2D eigenvalue weighted by atomic mass is 16.5. The number of aromatic nitrogens is 2. The molecule has 0 unspecified atom stereocenters. The van der Waals surface area contributed by atoms with E-state index >= 15 is 0 Å². The molecule has 0 saturated carbocycles.